The lowest BCUT2D eigenvalue weighted by molar-refractivity contribution is 0.0933. The van der Waals surface area contributed by atoms with Crippen LogP contribution in [0, 0.1) is 17.1 Å². The van der Waals surface area contributed by atoms with Crippen LogP contribution in [0.1, 0.15) is 28.8 Å². The number of hydrogen-bond donors (Lipinski definition) is 2. The summed E-state index contributed by atoms with van der Waals surface area (Å²) in [6, 6.07) is 16.9. The summed E-state index contributed by atoms with van der Waals surface area (Å²) in [5, 5.41) is 19.5. The van der Waals surface area contributed by atoms with E-state index < -0.39 is 0 Å². The van der Waals surface area contributed by atoms with Crippen molar-refractivity contribution < 1.29 is 9.18 Å². The van der Waals surface area contributed by atoms with Gasteiger partial charge in [-0.3, -0.25) is 9.89 Å². The number of anilines is 1. The molecule has 0 spiro atoms. The van der Waals surface area contributed by atoms with Crippen molar-refractivity contribution in [3.8, 4) is 17.3 Å². The van der Waals surface area contributed by atoms with E-state index in [-0.39, 0.29) is 17.8 Å². The van der Waals surface area contributed by atoms with Crippen LogP contribution in [0.4, 0.5) is 10.2 Å². The monoisotopic (exact) mass is 389 g/mol. The highest BCUT2D eigenvalue weighted by Crippen LogP contribution is 2.24. The van der Waals surface area contributed by atoms with Crippen molar-refractivity contribution in [3.63, 3.8) is 0 Å². The van der Waals surface area contributed by atoms with Crippen LogP contribution in [0.25, 0.3) is 11.3 Å². The predicted molar refractivity (Wildman–Crippen MR) is 108 cm³/mol. The molecule has 2 heterocycles. The largest absolute Gasteiger partial charge is 0.353 e. The molecule has 7 heteroatoms. The van der Waals surface area contributed by atoms with Crippen molar-refractivity contribution in [1.29, 1.82) is 5.26 Å². The summed E-state index contributed by atoms with van der Waals surface area (Å²) < 4.78 is 13.1. The van der Waals surface area contributed by atoms with Crippen LogP contribution >= 0.6 is 0 Å². The predicted octanol–water partition coefficient (Wildman–Crippen LogP) is 3.49. The van der Waals surface area contributed by atoms with E-state index in [0.29, 0.717) is 17.7 Å². The molecule has 0 aliphatic carbocycles. The average molecular weight is 389 g/mol. The van der Waals surface area contributed by atoms with Gasteiger partial charge in [0.15, 0.2) is 5.82 Å². The van der Waals surface area contributed by atoms with Gasteiger partial charge in [-0.05, 0) is 60.9 Å². The molecule has 1 amide bonds. The normalized spacial score (nSPS) is 16.3. The van der Waals surface area contributed by atoms with E-state index in [4.69, 9.17) is 5.26 Å². The number of carbonyl (C=O) groups excluding carboxylic acids is 1. The summed E-state index contributed by atoms with van der Waals surface area (Å²) in [4.78, 5) is 14.7. The lowest BCUT2D eigenvalue weighted by atomic mass is 10.0. The van der Waals surface area contributed by atoms with Gasteiger partial charge in [0.2, 0.25) is 0 Å². The lowest BCUT2D eigenvalue weighted by Crippen LogP contribution is -2.48. The minimum Gasteiger partial charge on any atom is -0.353 e. The van der Waals surface area contributed by atoms with Crippen LogP contribution in [-0.2, 0) is 0 Å². The fourth-order valence-corrected chi connectivity index (χ4v) is 3.55. The average Bonchev–Trinajstić information content (AvgIpc) is 3.25. The molecule has 0 radical (unpaired) electrons. The first-order valence-corrected chi connectivity index (χ1v) is 9.50. The second kappa shape index (κ2) is 8.15. The Bertz CT molecular complexity index is 1050. The summed E-state index contributed by atoms with van der Waals surface area (Å²) >= 11 is 0. The Kier molecular flexibility index (Phi) is 5.25. The molecule has 146 valence electrons. The highest BCUT2D eigenvalue weighted by molar-refractivity contribution is 5.94. The molecule has 0 saturated carbocycles. The molecule has 0 bridgehead atoms. The summed E-state index contributed by atoms with van der Waals surface area (Å²) in [7, 11) is 0. The second-order valence-electron chi connectivity index (χ2n) is 7.10. The maximum absolute atomic E-state index is 13.1. The van der Waals surface area contributed by atoms with E-state index in [1.165, 1.54) is 12.1 Å². The number of hydrogen-bond acceptors (Lipinski definition) is 4. The van der Waals surface area contributed by atoms with Crippen LogP contribution in [0.5, 0.6) is 0 Å². The van der Waals surface area contributed by atoms with Crippen LogP contribution in [0.3, 0.4) is 0 Å². The fourth-order valence-electron chi connectivity index (χ4n) is 3.55. The van der Waals surface area contributed by atoms with Crippen LogP contribution in [0.2, 0.25) is 0 Å². The molecule has 29 heavy (non-hydrogen) atoms. The van der Waals surface area contributed by atoms with Crippen LogP contribution < -0.4 is 10.2 Å². The van der Waals surface area contributed by atoms with E-state index in [9.17, 15) is 9.18 Å². The van der Waals surface area contributed by atoms with Crippen molar-refractivity contribution >= 4 is 11.7 Å². The third kappa shape index (κ3) is 4.27. The van der Waals surface area contributed by atoms with Gasteiger partial charge >= 0.3 is 0 Å². The van der Waals surface area contributed by atoms with Crippen molar-refractivity contribution in [2.24, 2.45) is 0 Å². The fraction of sp³-hybridized carbons (Fsp3) is 0.227. The zero-order valence-electron chi connectivity index (χ0n) is 15.7. The Hall–Kier alpha value is -3.66. The number of halogens is 1. The number of benzene rings is 2. The summed E-state index contributed by atoms with van der Waals surface area (Å²) in [6.07, 6.45) is 1.82. The Morgan fingerprint density at radius 3 is 2.86 bits per heavy atom. The number of nitrogens with one attached hydrogen (secondary N) is 2. The minimum absolute atomic E-state index is 0.00652. The van der Waals surface area contributed by atoms with Gasteiger partial charge in [0.25, 0.3) is 5.91 Å². The molecule has 3 aromatic rings. The number of nitrogens with zero attached hydrogens (tertiary/aromatic N) is 3. The standard InChI is InChI=1S/C22H20FN5O/c23-18-8-6-16(7-9-18)20-12-21(27-26-20)28-10-2-5-19(14-28)25-22(29)17-4-1-3-15(11-17)13-24/h1,3-4,6-9,11-12,19H,2,5,10,14H2,(H,25,29)(H,26,27)/t19-/m1/s1. The molecule has 1 saturated heterocycles. The number of aromatic nitrogens is 2. The molecule has 4 rings (SSSR count). The molecule has 2 N–H and O–H groups in total. The number of H-pyrrole nitrogens is 1. The molecule has 1 fully saturated rings. The summed E-state index contributed by atoms with van der Waals surface area (Å²) in [5.41, 5.74) is 2.64. The van der Waals surface area contributed by atoms with Crippen LogP contribution in [0.15, 0.2) is 54.6 Å². The van der Waals surface area contributed by atoms with Gasteiger partial charge < -0.3 is 10.2 Å². The van der Waals surface area contributed by atoms with Gasteiger partial charge in [0.05, 0.1) is 17.3 Å². The molecule has 6 nitrogen and oxygen atoms in total. The van der Waals surface area contributed by atoms with Crippen molar-refractivity contribution in [2.75, 3.05) is 18.0 Å². The Morgan fingerprint density at radius 2 is 2.07 bits per heavy atom. The SMILES string of the molecule is N#Cc1cccc(C(=O)N[C@@H]2CCCN(c3cc(-c4ccc(F)cc4)[nH]n3)C2)c1. The lowest BCUT2D eigenvalue weighted by Gasteiger charge is -2.33. The Labute approximate surface area is 168 Å². The molecular weight excluding hydrogens is 369 g/mol. The van der Waals surface area contributed by atoms with E-state index in [2.05, 4.69) is 26.5 Å². The molecule has 0 unspecified atom stereocenters. The zero-order chi connectivity index (χ0) is 20.2. The number of amides is 1. The first-order chi connectivity index (χ1) is 14.1. The smallest absolute Gasteiger partial charge is 0.251 e. The van der Waals surface area contributed by atoms with Crippen molar-refractivity contribution in [2.45, 2.75) is 18.9 Å². The van der Waals surface area contributed by atoms with E-state index >= 15 is 0 Å². The van der Waals surface area contributed by atoms with E-state index in [0.717, 1.165) is 36.5 Å². The topological polar surface area (TPSA) is 84.8 Å². The minimum atomic E-state index is -0.275. The number of carbonyl (C=O) groups is 1. The maximum atomic E-state index is 13.1. The third-order valence-corrected chi connectivity index (χ3v) is 5.05. The number of nitriles is 1. The van der Waals surface area contributed by atoms with Gasteiger partial charge in [0, 0.05) is 30.8 Å². The first-order valence-electron chi connectivity index (χ1n) is 9.50. The highest BCUT2D eigenvalue weighted by Gasteiger charge is 2.23. The van der Waals surface area contributed by atoms with Crippen LogP contribution in [-0.4, -0.2) is 35.2 Å². The van der Waals surface area contributed by atoms with E-state index in [1.54, 1.807) is 36.4 Å². The van der Waals surface area contributed by atoms with Gasteiger partial charge in [-0.2, -0.15) is 10.4 Å². The molecular formula is C22H20FN5O. The quantitative estimate of drug-likeness (QED) is 0.715. The maximum Gasteiger partial charge on any atom is 0.251 e. The highest BCUT2D eigenvalue weighted by atomic mass is 19.1. The van der Waals surface area contributed by atoms with Gasteiger partial charge in [-0.1, -0.05) is 6.07 Å². The van der Waals surface area contributed by atoms with E-state index in [1.807, 2.05) is 6.07 Å². The molecule has 1 aliphatic heterocycles. The molecule has 1 aromatic heterocycles. The Balaban J connectivity index is 1.42. The summed E-state index contributed by atoms with van der Waals surface area (Å²) in [5.74, 6) is 0.348. The van der Waals surface area contributed by atoms with Gasteiger partial charge in [-0.25, -0.2) is 4.39 Å². The second-order valence-corrected chi connectivity index (χ2v) is 7.10. The van der Waals surface area contributed by atoms with Crippen molar-refractivity contribution in [3.05, 3.63) is 71.5 Å². The molecule has 2 aromatic carbocycles. The zero-order valence-corrected chi connectivity index (χ0v) is 15.7. The molecule has 1 atom stereocenters. The van der Waals surface area contributed by atoms with Gasteiger partial charge in [0.1, 0.15) is 5.82 Å². The summed E-state index contributed by atoms with van der Waals surface area (Å²) in [6.45, 7) is 1.50. The molecule has 1 aliphatic rings. The third-order valence-electron chi connectivity index (χ3n) is 5.05. The number of aromatic amines is 1. The Morgan fingerprint density at radius 1 is 1.24 bits per heavy atom. The first kappa shape index (κ1) is 18.7. The number of piperidine rings is 1. The van der Waals surface area contributed by atoms with Gasteiger partial charge in [-0.15, -0.1) is 0 Å². The van der Waals surface area contributed by atoms with Crippen molar-refractivity contribution in [1.82, 2.24) is 15.5 Å². The number of rotatable bonds is 4.